The van der Waals surface area contributed by atoms with Crippen molar-refractivity contribution in [1.29, 1.82) is 0 Å². The van der Waals surface area contributed by atoms with Gasteiger partial charge in [0.25, 0.3) is 0 Å². The Hall–Kier alpha value is -1.84. The van der Waals surface area contributed by atoms with Crippen LogP contribution in [0.2, 0.25) is 0 Å². The second-order valence-corrected chi connectivity index (χ2v) is 4.08. The highest BCUT2D eigenvalue weighted by molar-refractivity contribution is 6.16. The molecule has 0 aromatic heterocycles. The summed E-state index contributed by atoms with van der Waals surface area (Å²) in [5, 5.41) is 0. The van der Waals surface area contributed by atoms with Crippen molar-refractivity contribution in [1.82, 2.24) is 4.90 Å². The van der Waals surface area contributed by atoms with E-state index in [0.717, 1.165) is 11.3 Å². The van der Waals surface area contributed by atoms with Gasteiger partial charge in [-0.15, -0.1) is 0 Å². The lowest BCUT2D eigenvalue weighted by Gasteiger charge is -2.16. The average molecular weight is 251 g/mol. The van der Waals surface area contributed by atoms with E-state index >= 15 is 0 Å². The summed E-state index contributed by atoms with van der Waals surface area (Å²) in [7, 11) is 3.73. The zero-order valence-electron chi connectivity index (χ0n) is 11.7. The van der Waals surface area contributed by atoms with E-state index in [-0.39, 0.29) is 18.0 Å². The molecule has 0 aliphatic rings. The Bertz CT molecular complexity index is 403. The third-order valence-corrected chi connectivity index (χ3v) is 2.20. The third-order valence-electron chi connectivity index (χ3n) is 2.20. The van der Waals surface area contributed by atoms with E-state index in [1.54, 1.807) is 13.0 Å². The van der Waals surface area contributed by atoms with Gasteiger partial charge in [0.1, 0.15) is 5.57 Å². The summed E-state index contributed by atoms with van der Waals surface area (Å²) in [4.78, 5) is 24.8. The Morgan fingerprint density at radius 2 is 1.78 bits per heavy atom. The molecule has 0 radical (unpaired) electrons. The molecule has 0 saturated heterocycles. The minimum absolute atomic E-state index is 0.0393. The second kappa shape index (κ2) is 7.48. The molecule has 0 aromatic rings. The molecule has 0 rings (SSSR count). The molecule has 100 valence electrons. The first-order valence-corrected chi connectivity index (χ1v) is 5.74. The van der Waals surface area contributed by atoms with Crippen LogP contribution >= 0.6 is 0 Å². The fourth-order valence-corrected chi connectivity index (χ4v) is 1.37. The highest BCUT2D eigenvalue weighted by atomic mass is 16.5. The largest absolute Gasteiger partial charge is 0.462 e. The number of esters is 1. The van der Waals surface area contributed by atoms with Gasteiger partial charge in [0.05, 0.1) is 6.61 Å². The van der Waals surface area contributed by atoms with Crippen LogP contribution in [0.4, 0.5) is 0 Å². The summed E-state index contributed by atoms with van der Waals surface area (Å²) in [5.41, 5.74) is 1.73. The van der Waals surface area contributed by atoms with Crippen molar-refractivity contribution < 1.29 is 14.3 Å². The second-order valence-electron chi connectivity index (χ2n) is 4.08. The Morgan fingerprint density at radius 3 is 2.11 bits per heavy atom. The minimum atomic E-state index is -0.596. The quantitative estimate of drug-likeness (QED) is 0.238. The molecular weight excluding hydrogens is 230 g/mol. The summed E-state index contributed by atoms with van der Waals surface area (Å²) < 4.78 is 4.83. The standard InChI is InChI=1S/C14H21NO3/c1-7-18-14(17)12(11(4)16)8-9-13(10(2)3)15(5)6/h8-9H,2,7H2,1,3-6H3. The van der Waals surface area contributed by atoms with Crippen LogP contribution < -0.4 is 0 Å². The highest BCUT2D eigenvalue weighted by Gasteiger charge is 2.14. The van der Waals surface area contributed by atoms with Crippen LogP contribution in [-0.4, -0.2) is 37.4 Å². The molecule has 4 nitrogen and oxygen atoms in total. The van der Waals surface area contributed by atoms with Gasteiger partial charge in [0.15, 0.2) is 5.78 Å². The topological polar surface area (TPSA) is 46.6 Å². The Labute approximate surface area is 109 Å². The number of likely N-dealkylation sites (N-methyl/N-ethyl adjacent to an activating group) is 1. The van der Waals surface area contributed by atoms with Crippen molar-refractivity contribution in [3.05, 3.63) is 35.6 Å². The van der Waals surface area contributed by atoms with E-state index < -0.39 is 5.97 Å². The number of hydrogen-bond donors (Lipinski definition) is 0. The summed E-state index contributed by atoms with van der Waals surface area (Å²) in [6.07, 6.45) is 3.17. The van der Waals surface area contributed by atoms with E-state index in [9.17, 15) is 9.59 Å². The van der Waals surface area contributed by atoms with E-state index in [1.165, 1.54) is 13.0 Å². The Kier molecular flexibility index (Phi) is 6.71. The number of allylic oxidation sites excluding steroid dienone is 3. The molecule has 0 aliphatic heterocycles. The Morgan fingerprint density at radius 1 is 1.22 bits per heavy atom. The molecule has 0 saturated carbocycles. The molecule has 0 aliphatic carbocycles. The summed E-state index contributed by atoms with van der Waals surface area (Å²) >= 11 is 0. The number of rotatable bonds is 6. The molecule has 0 aromatic carbocycles. The first-order chi connectivity index (χ1) is 8.31. The lowest BCUT2D eigenvalue weighted by atomic mass is 10.1. The molecule has 0 atom stereocenters. The summed E-state index contributed by atoms with van der Waals surface area (Å²) in [6.45, 7) is 8.98. The molecule has 0 amide bonds. The smallest absolute Gasteiger partial charge is 0.341 e. The predicted octanol–water partition coefficient (Wildman–Crippen LogP) is 2.09. The van der Waals surface area contributed by atoms with Gasteiger partial charge in [-0.25, -0.2) is 4.79 Å². The van der Waals surface area contributed by atoms with Gasteiger partial charge in [-0.2, -0.15) is 0 Å². The molecule has 0 fully saturated rings. The van der Waals surface area contributed by atoms with Crippen molar-refractivity contribution in [2.24, 2.45) is 0 Å². The third kappa shape index (κ3) is 4.99. The normalized spacial score (nSPS) is 12.1. The monoisotopic (exact) mass is 251 g/mol. The van der Waals surface area contributed by atoms with Gasteiger partial charge in [0.2, 0.25) is 0 Å². The highest BCUT2D eigenvalue weighted by Crippen LogP contribution is 2.11. The van der Waals surface area contributed by atoms with Crippen LogP contribution in [0.5, 0.6) is 0 Å². The number of nitrogens with zero attached hydrogens (tertiary/aromatic N) is 1. The van der Waals surface area contributed by atoms with Gasteiger partial charge < -0.3 is 9.64 Å². The van der Waals surface area contributed by atoms with Crippen LogP contribution in [0.3, 0.4) is 0 Å². The van der Waals surface area contributed by atoms with Crippen molar-refractivity contribution in [2.75, 3.05) is 20.7 Å². The summed E-state index contributed by atoms with van der Waals surface area (Å²) in [6, 6.07) is 0. The number of carbonyl (C=O) groups excluding carboxylic acids is 2. The minimum Gasteiger partial charge on any atom is -0.462 e. The van der Waals surface area contributed by atoms with Gasteiger partial charge in [-0.05, 0) is 38.5 Å². The van der Waals surface area contributed by atoms with Crippen LogP contribution in [0.1, 0.15) is 20.8 Å². The van der Waals surface area contributed by atoms with Crippen molar-refractivity contribution in [3.63, 3.8) is 0 Å². The number of hydrogen-bond acceptors (Lipinski definition) is 4. The molecule has 0 unspecified atom stereocenters. The van der Waals surface area contributed by atoms with Crippen molar-refractivity contribution >= 4 is 11.8 Å². The molecule has 18 heavy (non-hydrogen) atoms. The molecule has 4 heteroatoms. The molecular formula is C14H21NO3. The zero-order valence-corrected chi connectivity index (χ0v) is 11.7. The van der Waals surface area contributed by atoms with Gasteiger partial charge in [0, 0.05) is 19.8 Å². The fraction of sp³-hybridized carbons (Fsp3) is 0.429. The number of Topliss-reactive ketones (excluding diaryl/α,β-unsaturated/α-hetero) is 1. The lowest BCUT2D eigenvalue weighted by Crippen LogP contribution is -2.14. The Balaban J connectivity index is 5.31. The van der Waals surface area contributed by atoms with Crippen LogP contribution in [-0.2, 0) is 14.3 Å². The van der Waals surface area contributed by atoms with Crippen molar-refractivity contribution in [3.8, 4) is 0 Å². The van der Waals surface area contributed by atoms with Crippen LogP contribution in [0.15, 0.2) is 35.6 Å². The molecule has 0 N–H and O–H groups in total. The van der Waals surface area contributed by atoms with Crippen molar-refractivity contribution in [2.45, 2.75) is 20.8 Å². The van der Waals surface area contributed by atoms with E-state index in [4.69, 9.17) is 4.74 Å². The van der Waals surface area contributed by atoms with E-state index in [2.05, 4.69) is 6.58 Å². The van der Waals surface area contributed by atoms with Gasteiger partial charge >= 0.3 is 5.97 Å². The van der Waals surface area contributed by atoms with Crippen LogP contribution in [0, 0.1) is 0 Å². The van der Waals surface area contributed by atoms with E-state index in [0.29, 0.717) is 0 Å². The molecule has 0 heterocycles. The predicted molar refractivity (Wildman–Crippen MR) is 72.0 cm³/mol. The number of carbonyl (C=O) groups is 2. The van der Waals surface area contributed by atoms with Crippen LogP contribution in [0.25, 0.3) is 0 Å². The SMILES string of the molecule is C=C(C)C(=CC=C(C(C)=O)C(=O)OCC)N(C)C. The van der Waals surface area contributed by atoms with Gasteiger partial charge in [-0.3, -0.25) is 4.79 Å². The van der Waals surface area contributed by atoms with Gasteiger partial charge in [-0.1, -0.05) is 6.58 Å². The average Bonchev–Trinajstić information content (AvgIpc) is 2.22. The molecule has 0 spiro atoms. The fourth-order valence-electron chi connectivity index (χ4n) is 1.37. The maximum absolute atomic E-state index is 11.6. The first kappa shape index (κ1) is 16.2. The maximum atomic E-state index is 11.6. The lowest BCUT2D eigenvalue weighted by molar-refractivity contribution is -0.139. The maximum Gasteiger partial charge on any atom is 0.341 e. The number of ketones is 1. The zero-order chi connectivity index (χ0) is 14.3. The molecule has 0 bridgehead atoms. The summed E-state index contributed by atoms with van der Waals surface area (Å²) in [5.74, 6) is -0.911. The van der Waals surface area contributed by atoms with E-state index in [1.807, 2.05) is 25.9 Å². The first-order valence-electron chi connectivity index (χ1n) is 5.74. The number of ether oxygens (including phenoxy) is 1.